The molecule has 0 saturated carbocycles. The first-order chi connectivity index (χ1) is 9.63. The maximum Gasteiger partial charge on any atom is 0.186 e. The molecular weight excluding hydrogens is 286 g/mol. The number of nitrogens with one attached hydrogen (secondary N) is 1. The van der Waals surface area contributed by atoms with Crippen molar-refractivity contribution in [3.63, 3.8) is 0 Å². The van der Waals surface area contributed by atoms with E-state index in [0.29, 0.717) is 6.04 Å². The first kappa shape index (κ1) is 14.0. The largest absolute Gasteiger partial charge is 0.343 e. The van der Waals surface area contributed by atoms with E-state index in [1.165, 1.54) is 21.3 Å². The fourth-order valence-electron chi connectivity index (χ4n) is 2.42. The molecular formula is C15H21N3S2. The highest BCUT2D eigenvalue weighted by molar-refractivity contribution is 7.15. The van der Waals surface area contributed by atoms with Gasteiger partial charge in [0, 0.05) is 35.4 Å². The quantitative estimate of drug-likeness (QED) is 0.936. The smallest absolute Gasteiger partial charge is 0.186 e. The van der Waals surface area contributed by atoms with E-state index in [0.717, 1.165) is 26.1 Å². The zero-order valence-corrected chi connectivity index (χ0v) is 13.9. The number of aromatic nitrogens is 1. The van der Waals surface area contributed by atoms with Crippen molar-refractivity contribution in [1.29, 1.82) is 0 Å². The Kier molecular flexibility index (Phi) is 4.10. The second-order valence-electron chi connectivity index (χ2n) is 5.58. The molecule has 108 valence electrons. The maximum atomic E-state index is 4.78. The Morgan fingerprint density at radius 1 is 1.45 bits per heavy atom. The van der Waals surface area contributed by atoms with Crippen LogP contribution >= 0.6 is 22.7 Å². The highest BCUT2D eigenvalue weighted by atomic mass is 32.1. The van der Waals surface area contributed by atoms with Gasteiger partial charge in [-0.2, -0.15) is 0 Å². The van der Waals surface area contributed by atoms with Crippen LogP contribution in [0.3, 0.4) is 0 Å². The second kappa shape index (κ2) is 5.84. The zero-order valence-electron chi connectivity index (χ0n) is 12.3. The summed E-state index contributed by atoms with van der Waals surface area (Å²) in [6.07, 6.45) is 1.16. The summed E-state index contributed by atoms with van der Waals surface area (Å²) in [7, 11) is 0. The molecule has 3 rings (SSSR count). The van der Waals surface area contributed by atoms with Crippen LogP contribution in [0.1, 0.15) is 34.9 Å². The van der Waals surface area contributed by atoms with Gasteiger partial charge in [-0.1, -0.05) is 13.8 Å². The predicted molar refractivity (Wildman–Crippen MR) is 87.9 cm³/mol. The number of hydrogen-bond donors (Lipinski definition) is 1. The molecule has 0 radical (unpaired) electrons. The van der Waals surface area contributed by atoms with Crippen LogP contribution in [0, 0.1) is 6.92 Å². The summed E-state index contributed by atoms with van der Waals surface area (Å²) in [6, 6.07) is 2.77. The molecule has 0 amide bonds. The minimum absolute atomic E-state index is 0.517. The molecule has 5 heteroatoms. The van der Waals surface area contributed by atoms with Crippen molar-refractivity contribution < 1.29 is 0 Å². The lowest BCUT2D eigenvalue weighted by molar-refractivity contribution is 0.591. The Morgan fingerprint density at radius 2 is 2.30 bits per heavy atom. The lowest BCUT2D eigenvalue weighted by Gasteiger charge is -2.26. The first-order valence-corrected chi connectivity index (χ1v) is 8.83. The van der Waals surface area contributed by atoms with Gasteiger partial charge in [0.05, 0.1) is 5.69 Å². The van der Waals surface area contributed by atoms with Crippen molar-refractivity contribution in [2.24, 2.45) is 0 Å². The molecule has 0 spiro atoms. The molecule has 0 unspecified atom stereocenters. The van der Waals surface area contributed by atoms with Crippen LogP contribution in [0.4, 0.5) is 5.13 Å². The molecule has 3 heterocycles. The maximum absolute atomic E-state index is 4.78. The monoisotopic (exact) mass is 307 g/mol. The summed E-state index contributed by atoms with van der Waals surface area (Å²) in [4.78, 5) is 10.1. The Hall–Kier alpha value is -0.910. The highest BCUT2D eigenvalue weighted by Gasteiger charge is 2.20. The average molecular weight is 307 g/mol. The molecule has 1 aliphatic rings. The Balaban J connectivity index is 1.73. The fraction of sp³-hybridized carbons (Fsp3) is 0.533. The lowest BCUT2D eigenvalue weighted by Crippen LogP contribution is -2.29. The van der Waals surface area contributed by atoms with E-state index in [9.17, 15) is 0 Å². The van der Waals surface area contributed by atoms with Gasteiger partial charge in [0.1, 0.15) is 0 Å². The van der Waals surface area contributed by atoms with E-state index >= 15 is 0 Å². The van der Waals surface area contributed by atoms with Crippen molar-refractivity contribution in [2.75, 3.05) is 11.4 Å². The molecule has 20 heavy (non-hydrogen) atoms. The van der Waals surface area contributed by atoms with Crippen molar-refractivity contribution in [3.05, 3.63) is 32.5 Å². The standard InChI is InChI=1S/C15H21N3S2/c1-10(2)16-8-14-11(3)17-15(20-14)18-6-4-13-12(9-18)5-7-19-13/h5,7,10,16H,4,6,8-9H2,1-3H3. The number of thiophene rings is 1. The van der Waals surface area contributed by atoms with Gasteiger partial charge in [-0.15, -0.1) is 22.7 Å². The zero-order chi connectivity index (χ0) is 14.1. The van der Waals surface area contributed by atoms with Gasteiger partial charge < -0.3 is 10.2 Å². The normalized spacial score (nSPS) is 14.9. The van der Waals surface area contributed by atoms with Crippen molar-refractivity contribution >= 4 is 27.8 Å². The van der Waals surface area contributed by atoms with E-state index in [-0.39, 0.29) is 0 Å². The van der Waals surface area contributed by atoms with Crippen molar-refractivity contribution in [2.45, 2.75) is 46.3 Å². The summed E-state index contributed by atoms with van der Waals surface area (Å²) in [5.74, 6) is 0. The molecule has 3 nitrogen and oxygen atoms in total. The van der Waals surface area contributed by atoms with Crippen LogP contribution in [0.15, 0.2) is 11.4 Å². The van der Waals surface area contributed by atoms with Crippen LogP contribution in [0.5, 0.6) is 0 Å². The Bertz CT molecular complexity index is 586. The van der Waals surface area contributed by atoms with Crippen LogP contribution in [-0.4, -0.2) is 17.6 Å². The van der Waals surface area contributed by atoms with E-state index < -0.39 is 0 Å². The Labute approximate surface area is 128 Å². The number of anilines is 1. The topological polar surface area (TPSA) is 28.2 Å². The number of rotatable bonds is 4. The van der Waals surface area contributed by atoms with Gasteiger partial charge in [-0.05, 0) is 30.4 Å². The third-order valence-electron chi connectivity index (χ3n) is 3.63. The molecule has 2 aromatic rings. The summed E-state index contributed by atoms with van der Waals surface area (Å²) in [6.45, 7) is 9.52. The molecule has 0 saturated heterocycles. The van der Waals surface area contributed by atoms with E-state index in [2.05, 4.69) is 42.4 Å². The van der Waals surface area contributed by atoms with Gasteiger partial charge in [0.15, 0.2) is 5.13 Å². The molecule has 1 N–H and O–H groups in total. The number of aryl methyl sites for hydroxylation is 1. The van der Waals surface area contributed by atoms with Crippen LogP contribution in [0.2, 0.25) is 0 Å². The van der Waals surface area contributed by atoms with Crippen LogP contribution in [0.25, 0.3) is 0 Å². The lowest BCUT2D eigenvalue weighted by atomic mass is 10.1. The van der Waals surface area contributed by atoms with E-state index in [4.69, 9.17) is 4.98 Å². The van der Waals surface area contributed by atoms with Gasteiger partial charge in [0.2, 0.25) is 0 Å². The predicted octanol–water partition coefficient (Wildman–Crippen LogP) is 3.57. The molecule has 0 bridgehead atoms. The van der Waals surface area contributed by atoms with Crippen molar-refractivity contribution in [1.82, 2.24) is 10.3 Å². The minimum Gasteiger partial charge on any atom is -0.343 e. The molecule has 0 atom stereocenters. The molecule has 0 fully saturated rings. The minimum atomic E-state index is 0.517. The van der Waals surface area contributed by atoms with Gasteiger partial charge >= 0.3 is 0 Å². The summed E-state index contributed by atoms with van der Waals surface area (Å²) >= 11 is 3.73. The van der Waals surface area contributed by atoms with Gasteiger partial charge in [-0.3, -0.25) is 0 Å². The third-order valence-corrected chi connectivity index (χ3v) is 5.87. The molecule has 1 aliphatic heterocycles. The SMILES string of the molecule is Cc1nc(N2CCc3sccc3C2)sc1CNC(C)C. The number of hydrogen-bond acceptors (Lipinski definition) is 5. The van der Waals surface area contributed by atoms with Crippen LogP contribution in [-0.2, 0) is 19.5 Å². The van der Waals surface area contributed by atoms with E-state index in [1.807, 2.05) is 22.7 Å². The summed E-state index contributed by atoms with van der Waals surface area (Å²) in [5.41, 5.74) is 2.66. The average Bonchev–Trinajstić information content (AvgIpc) is 3.01. The second-order valence-corrected chi connectivity index (χ2v) is 7.64. The summed E-state index contributed by atoms with van der Waals surface area (Å²) < 4.78 is 0. The third kappa shape index (κ3) is 2.90. The van der Waals surface area contributed by atoms with E-state index in [1.54, 1.807) is 4.88 Å². The fourth-order valence-corrected chi connectivity index (χ4v) is 4.35. The number of thiazole rings is 1. The van der Waals surface area contributed by atoms with Gasteiger partial charge in [-0.25, -0.2) is 4.98 Å². The molecule has 2 aromatic heterocycles. The summed E-state index contributed by atoms with van der Waals surface area (Å²) in [5, 5.41) is 6.87. The molecule has 0 aromatic carbocycles. The molecule has 0 aliphatic carbocycles. The number of nitrogens with zero attached hydrogens (tertiary/aromatic N) is 2. The Morgan fingerprint density at radius 3 is 3.10 bits per heavy atom. The number of fused-ring (bicyclic) bond motifs is 1. The van der Waals surface area contributed by atoms with Crippen molar-refractivity contribution in [3.8, 4) is 0 Å². The highest BCUT2D eigenvalue weighted by Crippen LogP contribution is 2.31. The first-order valence-electron chi connectivity index (χ1n) is 7.13. The van der Waals surface area contributed by atoms with Crippen LogP contribution < -0.4 is 10.2 Å². The van der Waals surface area contributed by atoms with Gasteiger partial charge in [0.25, 0.3) is 0 Å².